The standard InChI is InChI=1S/C97H132O28S2/c1-8-10-12-14-16-18-20-22-24-26-28-30-32-49-61-126(107,108)66-73(67-127(109,110)62-50-33-31-29-27-25-23-21-19-17-15-13-11-9-2)63-113-95-87(122-93(105)77-57-45-37-46-58-77)86(121-92(104)76-55-43-36-44-56-76)83(80(118-95)65-112-90(102)74-51-39-34-40-52-74)125-96-89(123-94(106)78-59-47-38-48-60-78)84(120-91(103)75-53-41-35-42-54-75)81(68(3)114-96)124-97-88(117-72(7)101)85(116-71(6)100)82(115-70(5)99)79(119-97)64-111-69(4)98/h34-48,51-60,68,73,79-89,95-97H,8-33,49-50,61-67H2,1-7H3/t68-,79-,80-,81+,82+,83-,84+,85+,86+,87-,88-,89-,95-,96+,97-/m1/s1. The van der Waals surface area contributed by atoms with Crippen LogP contribution in [0.4, 0.5) is 0 Å². The normalized spacial score (nSPS) is 22.4. The summed E-state index contributed by atoms with van der Waals surface area (Å²) >= 11 is 0. The van der Waals surface area contributed by atoms with Gasteiger partial charge in [0.05, 0.1) is 63.5 Å². The van der Waals surface area contributed by atoms with Crippen molar-refractivity contribution >= 4 is 73.4 Å². The zero-order valence-electron chi connectivity index (χ0n) is 74.7. The van der Waals surface area contributed by atoms with Crippen LogP contribution in [0.2, 0.25) is 0 Å². The molecule has 30 heteroatoms. The van der Waals surface area contributed by atoms with Crippen LogP contribution in [0.15, 0.2) is 152 Å². The van der Waals surface area contributed by atoms with Crippen LogP contribution >= 0.6 is 0 Å². The summed E-state index contributed by atoms with van der Waals surface area (Å²) in [5.74, 6) is -12.3. The van der Waals surface area contributed by atoms with Crippen LogP contribution in [0.3, 0.4) is 0 Å². The van der Waals surface area contributed by atoms with E-state index in [0.717, 1.165) is 91.9 Å². The number of sulfone groups is 2. The quantitative estimate of drug-likeness (QED) is 0.0198. The molecule has 28 nitrogen and oxygen atoms in total. The monoisotopic (exact) mass is 1810 g/mol. The van der Waals surface area contributed by atoms with Gasteiger partial charge in [0.25, 0.3) is 0 Å². The average molecular weight is 1810 g/mol. The van der Waals surface area contributed by atoms with Crippen molar-refractivity contribution in [1.29, 1.82) is 0 Å². The van der Waals surface area contributed by atoms with Crippen LogP contribution in [0.5, 0.6) is 0 Å². The topological polar surface area (TPSA) is 360 Å². The van der Waals surface area contributed by atoms with E-state index >= 15 is 19.2 Å². The van der Waals surface area contributed by atoms with Crippen LogP contribution in [0.25, 0.3) is 0 Å². The molecule has 8 rings (SSSR count). The molecule has 0 aromatic heterocycles. The molecule has 0 radical (unpaired) electrons. The van der Waals surface area contributed by atoms with E-state index in [1.807, 2.05) is 0 Å². The molecule has 0 amide bonds. The van der Waals surface area contributed by atoms with Crippen LogP contribution in [0, 0.1) is 5.92 Å². The molecule has 3 fully saturated rings. The minimum atomic E-state index is -4.07. The number of ether oxygens (including phenoxy) is 15. The first-order chi connectivity index (χ1) is 61.2. The van der Waals surface area contributed by atoms with Gasteiger partial charge in [-0.05, 0) is 80.4 Å². The maximum atomic E-state index is 15.3. The van der Waals surface area contributed by atoms with E-state index in [2.05, 4.69) is 13.8 Å². The van der Waals surface area contributed by atoms with Gasteiger partial charge in [-0.2, -0.15) is 0 Å². The van der Waals surface area contributed by atoms with Crippen molar-refractivity contribution in [3.63, 3.8) is 0 Å². The highest BCUT2D eigenvalue weighted by molar-refractivity contribution is 7.92. The number of esters is 9. The predicted octanol–water partition coefficient (Wildman–Crippen LogP) is 16.5. The Kier molecular flexibility index (Phi) is 45.4. The number of carbonyl (C=O) groups excluding carboxylic acids is 9. The molecule has 3 heterocycles. The minimum absolute atomic E-state index is 0.0434. The predicted molar refractivity (Wildman–Crippen MR) is 471 cm³/mol. The lowest BCUT2D eigenvalue weighted by molar-refractivity contribution is -0.374. The van der Waals surface area contributed by atoms with E-state index in [0.29, 0.717) is 25.7 Å². The lowest BCUT2D eigenvalue weighted by atomic mass is 9.95. The Hall–Kier alpha value is -9.01. The molecule has 5 aromatic rings. The van der Waals surface area contributed by atoms with Gasteiger partial charge < -0.3 is 71.1 Å². The SMILES string of the molecule is CCCCCCCCCCCCCCCCS(=O)(=O)CC(CO[C@@H]1O[C@H](COC(=O)c2ccccc2)[C@@H](O[C@@H]2O[C@H](C)[C@H](O[C@H]3O[C@H](COC(C)=O)[C@H](OC(C)=O)[C@H](OC(C)=O)[C@H]3OC(C)=O)[C@H](OC(=O)c3ccccc3)[C@H]2OC(=O)c2ccccc2)[C@H](OC(=O)c2ccccc2)[C@H]1OC(=O)c1ccccc1)CS(=O)(=O)CCCCCCCCCCCCCCCC. The number of carbonyl (C=O) groups is 9. The lowest BCUT2D eigenvalue weighted by Gasteiger charge is -2.50. The summed E-state index contributed by atoms with van der Waals surface area (Å²) in [4.78, 5) is 127. The molecule has 700 valence electrons. The summed E-state index contributed by atoms with van der Waals surface area (Å²) in [6.45, 7) is 7.65. The number of hydrogen-bond donors (Lipinski definition) is 0. The third kappa shape index (κ3) is 36.5. The van der Waals surface area contributed by atoms with Crippen LogP contribution in [-0.2, 0) is 110 Å². The fraction of sp³-hybridized carbons (Fsp3) is 0.598. The molecule has 0 aliphatic carbocycles. The summed E-state index contributed by atoms with van der Waals surface area (Å²) in [5, 5.41) is 0. The van der Waals surface area contributed by atoms with Crippen molar-refractivity contribution in [2.45, 2.75) is 320 Å². The molecule has 3 aliphatic rings. The second-order valence-electron chi connectivity index (χ2n) is 33.1. The van der Waals surface area contributed by atoms with Gasteiger partial charge in [0, 0.05) is 33.6 Å². The summed E-state index contributed by atoms with van der Waals surface area (Å²) in [7, 11) is -8.14. The Morgan fingerprint density at radius 3 is 0.945 bits per heavy atom. The van der Waals surface area contributed by atoms with Gasteiger partial charge in [0.15, 0.2) is 81.3 Å². The third-order valence-electron chi connectivity index (χ3n) is 22.3. The van der Waals surface area contributed by atoms with Crippen LogP contribution in [0.1, 0.15) is 280 Å². The molecule has 0 bridgehead atoms. The first-order valence-electron chi connectivity index (χ1n) is 45.4. The van der Waals surface area contributed by atoms with Crippen molar-refractivity contribution in [2.75, 3.05) is 42.8 Å². The number of hydrogen-bond acceptors (Lipinski definition) is 28. The fourth-order valence-corrected chi connectivity index (χ4v) is 19.5. The van der Waals surface area contributed by atoms with Gasteiger partial charge in [-0.1, -0.05) is 272 Å². The zero-order chi connectivity index (χ0) is 91.4. The van der Waals surface area contributed by atoms with Crippen molar-refractivity contribution in [1.82, 2.24) is 0 Å². The molecule has 0 saturated carbocycles. The Morgan fingerprint density at radius 2 is 0.575 bits per heavy atom. The molecule has 127 heavy (non-hydrogen) atoms. The molecular weight excluding hydrogens is 1680 g/mol. The maximum Gasteiger partial charge on any atom is 0.338 e. The Morgan fingerprint density at radius 1 is 0.299 bits per heavy atom. The van der Waals surface area contributed by atoms with Gasteiger partial charge in [0.1, 0.15) is 37.6 Å². The van der Waals surface area contributed by atoms with Gasteiger partial charge in [-0.3, -0.25) is 19.2 Å². The molecule has 3 saturated heterocycles. The molecule has 5 aromatic carbocycles. The second-order valence-corrected chi connectivity index (χ2v) is 37.5. The van der Waals surface area contributed by atoms with E-state index in [4.69, 9.17) is 71.1 Å². The first kappa shape index (κ1) is 103. The minimum Gasteiger partial charge on any atom is -0.463 e. The van der Waals surface area contributed by atoms with E-state index in [1.54, 1.807) is 66.7 Å². The fourth-order valence-electron chi connectivity index (χ4n) is 15.9. The van der Waals surface area contributed by atoms with Crippen molar-refractivity contribution in [3.8, 4) is 0 Å². The summed E-state index contributed by atoms with van der Waals surface area (Å²) < 4.78 is 155. The summed E-state index contributed by atoms with van der Waals surface area (Å²) in [5.41, 5.74) is -0.264. The smallest absolute Gasteiger partial charge is 0.338 e. The number of benzene rings is 5. The largest absolute Gasteiger partial charge is 0.463 e. The Balaban J connectivity index is 1.21. The van der Waals surface area contributed by atoms with Gasteiger partial charge in [0.2, 0.25) is 0 Å². The van der Waals surface area contributed by atoms with Crippen molar-refractivity contribution in [3.05, 3.63) is 179 Å². The molecule has 15 atom stereocenters. The number of rotatable bonds is 57. The highest BCUT2D eigenvalue weighted by Crippen LogP contribution is 2.40. The maximum absolute atomic E-state index is 15.3. The van der Waals surface area contributed by atoms with E-state index in [9.17, 15) is 40.8 Å². The van der Waals surface area contributed by atoms with Gasteiger partial charge in [-0.25, -0.2) is 40.8 Å². The van der Waals surface area contributed by atoms with E-state index < -0.39 is 203 Å². The van der Waals surface area contributed by atoms with Gasteiger partial charge in [-0.15, -0.1) is 0 Å². The van der Waals surface area contributed by atoms with E-state index in [1.165, 1.54) is 182 Å². The molecule has 3 aliphatic heterocycles. The Bertz CT molecular complexity index is 4290. The Labute approximate surface area is 749 Å². The lowest BCUT2D eigenvalue weighted by Crippen LogP contribution is -2.68. The third-order valence-corrected chi connectivity index (χ3v) is 26.1. The van der Waals surface area contributed by atoms with Crippen LogP contribution < -0.4 is 0 Å². The highest BCUT2D eigenvalue weighted by atomic mass is 32.2. The van der Waals surface area contributed by atoms with Crippen LogP contribution in [-0.4, -0.2) is 206 Å². The number of unbranched alkanes of at least 4 members (excludes halogenated alkanes) is 26. The summed E-state index contributed by atoms with van der Waals surface area (Å²) in [6, 6.07) is 37.9. The first-order valence-corrected chi connectivity index (χ1v) is 49.1. The average Bonchev–Trinajstić information content (AvgIpc) is 0.757. The van der Waals surface area contributed by atoms with Crippen molar-refractivity contribution in [2.24, 2.45) is 5.92 Å². The summed E-state index contributed by atoms with van der Waals surface area (Å²) in [6.07, 6.45) is 0.270. The molecule has 0 unspecified atom stereocenters. The molecular formula is C97H132O28S2. The van der Waals surface area contributed by atoms with E-state index in [-0.39, 0.29) is 39.3 Å². The molecule has 0 N–H and O–H groups in total. The zero-order valence-corrected chi connectivity index (χ0v) is 76.3. The second kappa shape index (κ2) is 55.8. The van der Waals surface area contributed by atoms with Gasteiger partial charge >= 0.3 is 53.7 Å². The van der Waals surface area contributed by atoms with Crippen molar-refractivity contribution < 1.29 is 131 Å². The highest BCUT2D eigenvalue weighted by Gasteiger charge is 2.60. The molecule has 0 spiro atoms.